The van der Waals surface area contributed by atoms with E-state index < -0.39 is 4.92 Å². The molecule has 0 saturated carbocycles. The molecule has 110 valence electrons. The van der Waals surface area contributed by atoms with Crippen LogP contribution in [0.5, 0.6) is 11.5 Å². The van der Waals surface area contributed by atoms with E-state index in [1.807, 2.05) is 0 Å². The number of hydrogen-bond donors (Lipinski definition) is 1. The SMILES string of the molecule is O=[N+]([O-])c1cc(Cl)c(Cl)cc1Oc1cccc(Cl)c1CO. The molecule has 0 amide bonds. The summed E-state index contributed by atoms with van der Waals surface area (Å²) in [6, 6.07) is 7.04. The Morgan fingerprint density at radius 2 is 1.76 bits per heavy atom. The molecule has 0 heterocycles. The third-order valence-electron chi connectivity index (χ3n) is 2.65. The number of nitrogens with zero attached hydrogens (tertiary/aromatic N) is 1. The summed E-state index contributed by atoms with van der Waals surface area (Å²) in [6.45, 7) is -0.371. The molecule has 0 saturated heterocycles. The fourth-order valence-corrected chi connectivity index (χ4v) is 2.19. The van der Waals surface area contributed by atoms with Gasteiger partial charge < -0.3 is 9.84 Å². The second-order valence-electron chi connectivity index (χ2n) is 3.97. The molecule has 21 heavy (non-hydrogen) atoms. The summed E-state index contributed by atoms with van der Waals surface area (Å²) in [4.78, 5) is 10.4. The van der Waals surface area contributed by atoms with Crippen LogP contribution >= 0.6 is 34.8 Å². The smallest absolute Gasteiger partial charge is 0.313 e. The van der Waals surface area contributed by atoms with Gasteiger partial charge in [0, 0.05) is 22.7 Å². The second-order valence-corrected chi connectivity index (χ2v) is 5.19. The van der Waals surface area contributed by atoms with Crippen LogP contribution in [0.4, 0.5) is 5.69 Å². The fourth-order valence-electron chi connectivity index (χ4n) is 1.65. The quantitative estimate of drug-likeness (QED) is 0.634. The Bertz CT molecular complexity index is 706. The molecule has 1 N–H and O–H groups in total. The average molecular weight is 349 g/mol. The molecular weight excluding hydrogens is 341 g/mol. The van der Waals surface area contributed by atoms with Crippen LogP contribution in [0.2, 0.25) is 15.1 Å². The van der Waals surface area contributed by atoms with Gasteiger partial charge >= 0.3 is 5.69 Å². The number of benzene rings is 2. The summed E-state index contributed by atoms with van der Waals surface area (Å²) in [6.07, 6.45) is 0. The van der Waals surface area contributed by atoms with Crippen molar-refractivity contribution in [2.24, 2.45) is 0 Å². The van der Waals surface area contributed by atoms with E-state index in [1.54, 1.807) is 12.1 Å². The third kappa shape index (κ3) is 3.39. The molecular formula is C13H8Cl3NO4. The predicted molar refractivity (Wildman–Crippen MR) is 80.6 cm³/mol. The van der Waals surface area contributed by atoms with Crippen molar-refractivity contribution in [3.8, 4) is 11.5 Å². The molecule has 0 radical (unpaired) electrons. The topological polar surface area (TPSA) is 72.6 Å². The lowest BCUT2D eigenvalue weighted by atomic mass is 10.2. The zero-order chi connectivity index (χ0) is 15.6. The minimum Gasteiger partial charge on any atom is -0.450 e. The third-order valence-corrected chi connectivity index (χ3v) is 3.73. The van der Waals surface area contributed by atoms with Gasteiger partial charge in [0.25, 0.3) is 0 Å². The van der Waals surface area contributed by atoms with Gasteiger partial charge in [0.05, 0.1) is 21.6 Å². The summed E-state index contributed by atoms with van der Waals surface area (Å²) in [5, 5.41) is 20.8. The molecule has 0 unspecified atom stereocenters. The molecule has 5 nitrogen and oxygen atoms in total. The minimum absolute atomic E-state index is 0.0455. The highest BCUT2D eigenvalue weighted by Gasteiger charge is 2.20. The first-order chi connectivity index (χ1) is 9.93. The van der Waals surface area contributed by atoms with Gasteiger partial charge in [-0.2, -0.15) is 0 Å². The van der Waals surface area contributed by atoms with Crippen LogP contribution in [0, 0.1) is 10.1 Å². The predicted octanol–water partition coefficient (Wildman–Crippen LogP) is 4.84. The van der Waals surface area contributed by atoms with E-state index in [0.717, 1.165) is 6.07 Å². The van der Waals surface area contributed by atoms with Crippen molar-refractivity contribution in [3.63, 3.8) is 0 Å². The van der Waals surface area contributed by atoms with Crippen molar-refractivity contribution in [1.29, 1.82) is 0 Å². The van der Waals surface area contributed by atoms with Crippen LogP contribution in [0.25, 0.3) is 0 Å². The lowest BCUT2D eigenvalue weighted by Gasteiger charge is -2.11. The second kappa shape index (κ2) is 6.49. The first kappa shape index (κ1) is 15.9. The standard InChI is InChI=1S/C13H8Cl3NO4/c14-8-2-1-3-12(7(8)6-18)21-13-5-10(16)9(15)4-11(13)17(19)20/h1-5,18H,6H2. The summed E-state index contributed by atoms with van der Waals surface area (Å²) in [5.74, 6) is 0.109. The zero-order valence-corrected chi connectivity index (χ0v) is 12.6. The highest BCUT2D eigenvalue weighted by atomic mass is 35.5. The van der Waals surface area contributed by atoms with Crippen LogP contribution in [-0.4, -0.2) is 10.0 Å². The Balaban J connectivity index is 2.51. The lowest BCUT2D eigenvalue weighted by Crippen LogP contribution is -1.97. The average Bonchev–Trinajstić information content (AvgIpc) is 2.42. The molecule has 0 fully saturated rings. The largest absolute Gasteiger partial charge is 0.450 e. The van der Waals surface area contributed by atoms with Gasteiger partial charge in [-0.25, -0.2) is 0 Å². The van der Waals surface area contributed by atoms with Crippen molar-refractivity contribution in [2.45, 2.75) is 6.61 Å². The van der Waals surface area contributed by atoms with Crippen molar-refractivity contribution < 1.29 is 14.8 Å². The van der Waals surface area contributed by atoms with E-state index in [2.05, 4.69) is 0 Å². The van der Waals surface area contributed by atoms with E-state index in [9.17, 15) is 15.2 Å². The molecule has 0 atom stereocenters. The Labute approximate surface area is 134 Å². The van der Waals surface area contributed by atoms with Gasteiger partial charge in [-0.3, -0.25) is 10.1 Å². The first-order valence-corrected chi connectivity index (χ1v) is 6.77. The Morgan fingerprint density at radius 3 is 2.38 bits per heavy atom. The first-order valence-electron chi connectivity index (χ1n) is 5.63. The fraction of sp³-hybridized carbons (Fsp3) is 0.0769. The molecule has 0 spiro atoms. The maximum Gasteiger partial charge on any atom is 0.313 e. The van der Waals surface area contributed by atoms with E-state index in [1.165, 1.54) is 12.1 Å². The maximum atomic E-state index is 11.0. The summed E-state index contributed by atoms with van der Waals surface area (Å²) in [7, 11) is 0. The Kier molecular flexibility index (Phi) is 4.90. The highest BCUT2D eigenvalue weighted by Crippen LogP contribution is 2.39. The normalized spacial score (nSPS) is 10.5. The van der Waals surface area contributed by atoms with Crippen LogP contribution in [-0.2, 0) is 6.61 Å². The van der Waals surface area contributed by atoms with E-state index in [4.69, 9.17) is 39.5 Å². The molecule has 0 aliphatic carbocycles. The monoisotopic (exact) mass is 347 g/mol. The van der Waals surface area contributed by atoms with E-state index in [0.29, 0.717) is 5.56 Å². The van der Waals surface area contributed by atoms with Crippen molar-refractivity contribution in [3.05, 3.63) is 61.1 Å². The molecule has 0 aliphatic heterocycles. The van der Waals surface area contributed by atoms with Gasteiger partial charge in [-0.05, 0) is 12.1 Å². The molecule has 2 aromatic rings. The van der Waals surface area contributed by atoms with E-state index in [-0.39, 0.29) is 38.9 Å². The number of nitro benzene ring substituents is 1. The van der Waals surface area contributed by atoms with E-state index >= 15 is 0 Å². The van der Waals surface area contributed by atoms with Gasteiger partial charge in [0.15, 0.2) is 0 Å². The van der Waals surface area contributed by atoms with Gasteiger partial charge in [-0.15, -0.1) is 0 Å². The van der Waals surface area contributed by atoms with Crippen LogP contribution in [0.15, 0.2) is 30.3 Å². The lowest BCUT2D eigenvalue weighted by molar-refractivity contribution is -0.385. The zero-order valence-electron chi connectivity index (χ0n) is 10.3. The molecule has 0 aromatic heterocycles. The number of aliphatic hydroxyl groups excluding tert-OH is 1. The number of ether oxygens (including phenoxy) is 1. The number of hydrogen-bond acceptors (Lipinski definition) is 4. The Hall–Kier alpha value is -1.53. The van der Waals surface area contributed by atoms with Gasteiger partial charge in [0.2, 0.25) is 5.75 Å². The number of aliphatic hydroxyl groups is 1. The van der Waals surface area contributed by atoms with Gasteiger partial charge in [-0.1, -0.05) is 40.9 Å². The molecule has 2 aromatic carbocycles. The summed E-state index contributed by atoms with van der Waals surface area (Å²) < 4.78 is 5.48. The molecule has 8 heteroatoms. The summed E-state index contributed by atoms with van der Waals surface area (Å²) >= 11 is 17.5. The molecule has 0 bridgehead atoms. The number of halogens is 3. The van der Waals surface area contributed by atoms with Crippen LogP contribution in [0.1, 0.15) is 5.56 Å². The van der Waals surface area contributed by atoms with Crippen LogP contribution < -0.4 is 4.74 Å². The van der Waals surface area contributed by atoms with Gasteiger partial charge in [0.1, 0.15) is 5.75 Å². The van der Waals surface area contributed by atoms with Crippen molar-refractivity contribution in [1.82, 2.24) is 0 Å². The highest BCUT2D eigenvalue weighted by molar-refractivity contribution is 6.42. The van der Waals surface area contributed by atoms with Crippen molar-refractivity contribution in [2.75, 3.05) is 0 Å². The minimum atomic E-state index is -0.638. The number of rotatable bonds is 4. The summed E-state index contributed by atoms with van der Waals surface area (Å²) in [5.41, 5.74) is -0.0206. The molecule has 2 rings (SSSR count). The number of nitro groups is 1. The van der Waals surface area contributed by atoms with Crippen LogP contribution in [0.3, 0.4) is 0 Å². The Morgan fingerprint density at radius 1 is 1.10 bits per heavy atom. The van der Waals surface area contributed by atoms with Crippen molar-refractivity contribution >= 4 is 40.5 Å². The molecule has 0 aliphatic rings. The maximum absolute atomic E-state index is 11.0.